The monoisotopic (exact) mass is 412 g/mol. The molecule has 0 aliphatic carbocycles. The quantitative estimate of drug-likeness (QED) is 0.653. The molecule has 2 aromatic carbocycles. The Bertz CT molecular complexity index is 407. The van der Waals surface area contributed by atoms with Crippen LogP contribution in [0.3, 0.4) is 0 Å². The van der Waals surface area contributed by atoms with Gasteiger partial charge in [0.25, 0.3) is 0 Å². The molecule has 5 heteroatoms. The molecule has 2 aromatic rings. The maximum absolute atomic E-state index is 6.77. The first-order valence-corrected chi connectivity index (χ1v) is 20.3. The summed E-state index contributed by atoms with van der Waals surface area (Å²) in [4.78, 5) is 0. The van der Waals surface area contributed by atoms with Gasteiger partial charge in [-0.05, 0) is 0 Å². The van der Waals surface area contributed by atoms with Crippen LogP contribution >= 0.6 is 29.4 Å². The summed E-state index contributed by atoms with van der Waals surface area (Å²) in [6.45, 7) is 0. The third-order valence-corrected chi connectivity index (χ3v) is 10.8. The molecule has 0 saturated carbocycles. The third kappa shape index (κ3) is 4.87. The van der Waals surface area contributed by atoms with Gasteiger partial charge < -0.3 is 0 Å². The van der Waals surface area contributed by atoms with Gasteiger partial charge in [0.2, 0.25) is 0 Å². The van der Waals surface area contributed by atoms with E-state index in [-0.39, 0.29) is 0 Å². The molecule has 0 nitrogen and oxygen atoms in total. The van der Waals surface area contributed by atoms with Crippen LogP contribution in [0.2, 0.25) is 5.76 Å². The summed E-state index contributed by atoms with van der Waals surface area (Å²) in [5, 5.41) is 0. The van der Waals surface area contributed by atoms with E-state index in [0.717, 1.165) is 0 Å². The predicted molar refractivity (Wildman–Crippen MR) is 81.3 cm³/mol. The Hall–Kier alpha value is 0.476. The summed E-state index contributed by atoms with van der Waals surface area (Å²) in [6.07, 6.45) is 0. The molecule has 92 valence electrons. The minimum atomic E-state index is -2.52. The van der Waals surface area contributed by atoms with Crippen LogP contribution in [0, 0.1) is 0 Å². The van der Waals surface area contributed by atoms with Gasteiger partial charge in [0.05, 0.1) is 0 Å². The molecule has 0 aliphatic rings. The first kappa shape index (κ1) is 16.5. The summed E-state index contributed by atoms with van der Waals surface area (Å²) in [5.41, 5.74) is 0. The van der Waals surface area contributed by atoms with E-state index in [9.17, 15) is 0 Å². The zero-order valence-electron chi connectivity index (χ0n) is 10.1. The van der Waals surface area contributed by atoms with Gasteiger partial charge >= 0.3 is 132 Å². The van der Waals surface area contributed by atoms with Crippen molar-refractivity contribution in [1.29, 1.82) is 0 Å². The molecule has 0 spiro atoms. The van der Waals surface area contributed by atoms with Gasteiger partial charge in [0, 0.05) is 0 Å². The molecular weight excluding hydrogens is 401 g/mol. The van der Waals surface area contributed by atoms with E-state index in [0.29, 0.717) is 0 Å². The second kappa shape index (κ2) is 8.61. The van der Waals surface area contributed by atoms with E-state index in [1.807, 2.05) is 12.1 Å². The van der Waals surface area contributed by atoms with Gasteiger partial charge in [0.15, 0.2) is 0 Å². The van der Waals surface area contributed by atoms with Crippen LogP contribution in [-0.4, -0.2) is 12.3 Å². The normalized spacial score (nSPS) is 10.0. The average molecular weight is 414 g/mol. The predicted octanol–water partition coefficient (Wildman–Crippen LogP) is 3.99. The summed E-state index contributed by atoms with van der Waals surface area (Å²) in [5.74, 6) is 2.21. The van der Waals surface area contributed by atoms with E-state index in [1.165, 1.54) is 8.79 Å². The molecule has 2 rings (SSSR count). The van der Waals surface area contributed by atoms with Crippen LogP contribution in [0.4, 0.5) is 0 Å². The fraction of sp³-hybridized carbons (Fsp3) is 0.0769. The van der Waals surface area contributed by atoms with Crippen molar-refractivity contribution in [3.8, 4) is 0 Å². The molecule has 0 atom stereocenters. The topological polar surface area (TPSA) is 0 Å². The van der Waals surface area contributed by atoms with Crippen molar-refractivity contribution in [2.24, 2.45) is 0 Å². The Morgan fingerprint density at radius 1 is 0.778 bits per heavy atom. The third-order valence-electron chi connectivity index (χ3n) is 2.63. The number of hydrogen-bond acceptors (Lipinski definition) is 0. The van der Waals surface area contributed by atoms with Gasteiger partial charge in [-0.15, -0.1) is 0 Å². The van der Waals surface area contributed by atoms with Crippen molar-refractivity contribution in [2.45, 2.75) is 5.76 Å². The van der Waals surface area contributed by atoms with Crippen LogP contribution in [-0.2, 0) is 15.1 Å². The molecular formula is C13H13Cl3GeZn. The number of halogens is 3. The van der Waals surface area contributed by atoms with Crippen LogP contribution < -0.4 is 8.79 Å². The summed E-state index contributed by atoms with van der Waals surface area (Å²) >= 11 is -3.45. The molecule has 0 amide bonds. The minimum absolute atomic E-state index is 0.931. The Morgan fingerprint density at radius 3 is 1.33 bits per heavy atom. The maximum atomic E-state index is 6.77. The van der Waals surface area contributed by atoms with Gasteiger partial charge in [-0.3, -0.25) is 0 Å². The molecule has 0 aromatic heterocycles. The molecule has 0 unspecified atom stereocenters. The SMILES string of the molecule is [CH3][Ge]([Cl])([c]1ccccc1)[c]1ccccc1.[Cl][Zn][Cl]. The van der Waals surface area contributed by atoms with Crippen molar-refractivity contribution in [2.75, 3.05) is 0 Å². The van der Waals surface area contributed by atoms with Crippen molar-refractivity contribution in [3.63, 3.8) is 0 Å². The number of hydrogen-bond donors (Lipinski definition) is 0. The first-order valence-electron chi connectivity index (χ1n) is 5.54. The van der Waals surface area contributed by atoms with E-state index in [1.54, 1.807) is 0 Å². The summed E-state index contributed by atoms with van der Waals surface area (Å²) in [6, 6.07) is 20.9. The van der Waals surface area contributed by atoms with Gasteiger partial charge in [0.1, 0.15) is 0 Å². The number of benzene rings is 2. The van der Waals surface area contributed by atoms with E-state index >= 15 is 0 Å². The number of rotatable bonds is 2. The second-order valence-corrected chi connectivity index (χ2v) is 19.0. The second-order valence-electron chi connectivity index (χ2n) is 3.84. The van der Waals surface area contributed by atoms with Crippen LogP contribution in [0.5, 0.6) is 0 Å². The molecule has 18 heavy (non-hydrogen) atoms. The molecule has 0 N–H and O–H groups in total. The van der Waals surface area contributed by atoms with Crippen molar-refractivity contribution < 1.29 is 15.1 Å². The molecule has 0 heterocycles. The van der Waals surface area contributed by atoms with Crippen molar-refractivity contribution in [1.82, 2.24) is 0 Å². The molecule has 0 fully saturated rings. The first-order chi connectivity index (χ1) is 8.62. The van der Waals surface area contributed by atoms with Crippen LogP contribution in [0.15, 0.2) is 60.7 Å². The zero-order valence-corrected chi connectivity index (χ0v) is 17.4. The Kier molecular flexibility index (Phi) is 7.91. The Balaban J connectivity index is 0.000000492. The molecule has 0 saturated heterocycles. The molecule has 0 aliphatic heterocycles. The Labute approximate surface area is 131 Å². The standard InChI is InChI=1S/C13H13ClGe.2ClH.Zn/c1-15(14,12-8-4-2-5-9-12)13-10-6-3-7-11-13;;;/h2-11H,1H3;2*1H;/q;;;+2/p-2. The van der Waals surface area contributed by atoms with Gasteiger partial charge in [-0.1, -0.05) is 0 Å². The average Bonchev–Trinajstić information content (AvgIpc) is 2.42. The van der Waals surface area contributed by atoms with Crippen LogP contribution in [0.25, 0.3) is 0 Å². The van der Waals surface area contributed by atoms with Gasteiger partial charge in [-0.2, -0.15) is 0 Å². The summed E-state index contributed by atoms with van der Waals surface area (Å²) < 4.78 is 2.62. The van der Waals surface area contributed by atoms with E-state index < -0.39 is 27.5 Å². The van der Waals surface area contributed by atoms with Crippen molar-refractivity contribution >= 4 is 50.5 Å². The van der Waals surface area contributed by atoms with Crippen LogP contribution in [0.1, 0.15) is 0 Å². The molecule has 0 bridgehead atoms. The van der Waals surface area contributed by atoms with E-state index in [4.69, 9.17) is 29.4 Å². The fourth-order valence-electron chi connectivity index (χ4n) is 1.67. The Morgan fingerprint density at radius 2 is 1.06 bits per heavy atom. The van der Waals surface area contributed by atoms with Crippen molar-refractivity contribution in [3.05, 3.63) is 60.7 Å². The zero-order chi connectivity index (χ0) is 13.4. The fourth-order valence-corrected chi connectivity index (χ4v) is 7.11. The van der Waals surface area contributed by atoms with E-state index in [2.05, 4.69) is 54.3 Å². The van der Waals surface area contributed by atoms with Gasteiger partial charge in [-0.25, -0.2) is 0 Å². The summed E-state index contributed by atoms with van der Waals surface area (Å²) in [7, 11) is 16.7. The molecule has 0 radical (unpaired) electrons.